The number of esters is 1. The Bertz CT molecular complexity index is 426. The van der Waals surface area contributed by atoms with Gasteiger partial charge in [0.05, 0.1) is 19.6 Å². The molecule has 2 atom stereocenters. The number of ether oxygens (including phenoxy) is 2. The third-order valence-electron chi connectivity index (χ3n) is 3.73. The Balaban J connectivity index is 2.65. The zero-order valence-electron chi connectivity index (χ0n) is 12.5. The quantitative estimate of drug-likeness (QED) is 0.650. The highest BCUT2D eigenvalue weighted by molar-refractivity contribution is 7.86. The summed E-state index contributed by atoms with van der Waals surface area (Å²) in [6, 6.07) is 0. The second-order valence-corrected chi connectivity index (χ2v) is 7.09. The molecule has 1 heterocycles. The fourth-order valence-corrected chi connectivity index (χ4v) is 3.57. The van der Waals surface area contributed by atoms with Crippen molar-refractivity contribution < 1.29 is 22.7 Å². The molecule has 0 N–H and O–H groups in total. The van der Waals surface area contributed by atoms with E-state index in [1.165, 1.54) is 22.8 Å². The first-order chi connectivity index (χ1) is 9.32. The lowest BCUT2D eigenvalue weighted by atomic mass is 9.97. The molecule has 1 aliphatic rings. The van der Waals surface area contributed by atoms with Crippen LogP contribution in [0.1, 0.15) is 19.8 Å². The Morgan fingerprint density at radius 1 is 1.40 bits per heavy atom. The maximum Gasteiger partial charge on any atom is 0.306 e. The highest BCUT2D eigenvalue weighted by atomic mass is 32.2. The van der Waals surface area contributed by atoms with Gasteiger partial charge in [0.25, 0.3) is 10.2 Å². The highest BCUT2D eigenvalue weighted by Crippen LogP contribution is 2.22. The van der Waals surface area contributed by atoms with Crippen molar-refractivity contribution in [2.75, 3.05) is 40.9 Å². The van der Waals surface area contributed by atoms with Gasteiger partial charge >= 0.3 is 5.97 Å². The lowest BCUT2D eigenvalue weighted by molar-refractivity contribution is -0.140. The number of piperidine rings is 1. The van der Waals surface area contributed by atoms with E-state index in [1.807, 2.05) is 0 Å². The Hall–Kier alpha value is -0.700. The average molecular weight is 308 g/mol. The van der Waals surface area contributed by atoms with Gasteiger partial charge in [0.1, 0.15) is 0 Å². The molecule has 0 radical (unpaired) electrons. The molecule has 0 aromatic carbocycles. The maximum absolute atomic E-state index is 12.4. The van der Waals surface area contributed by atoms with E-state index in [0.29, 0.717) is 19.0 Å². The predicted octanol–water partition coefficient (Wildman–Crippen LogP) is 0.0829. The molecule has 0 saturated carbocycles. The fraction of sp³-hybridized carbons (Fsp3) is 0.917. The number of rotatable bonds is 6. The molecule has 1 saturated heterocycles. The summed E-state index contributed by atoms with van der Waals surface area (Å²) in [5, 5.41) is 0. The van der Waals surface area contributed by atoms with Gasteiger partial charge in [-0.2, -0.15) is 17.0 Å². The van der Waals surface area contributed by atoms with E-state index in [1.54, 1.807) is 7.11 Å². The standard InChI is InChI=1S/C12H24N2O5S/c1-10-5-8-14(9-11(10)18-3)20(16,17)13(2)7-6-12(15)19-4/h10-11H,5-9H2,1-4H3. The van der Waals surface area contributed by atoms with Crippen LogP contribution in [-0.2, 0) is 24.5 Å². The topological polar surface area (TPSA) is 76.2 Å². The Kier molecular flexibility index (Phi) is 6.38. The molecule has 20 heavy (non-hydrogen) atoms. The van der Waals surface area contributed by atoms with E-state index in [-0.39, 0.29) is 19.1 Å². The molecule has 1 aliphatic heterocycles. The number of hydrogen-bond acceptors (Lipinski definition) is 5. The minimum Gasteiger partial charge on any atom is -0.469 e. The lowest BCUT2D eigenvalue weighted by Crippen LogP contribution is -2.51. The Labute approximate surface area is 121 Å². The van der Waals surface area contributed by atoms with Crippen LogP contribution in [0.2, 0.25) is 0 Å². The van der Waals surface area contributed by atoms with Gasteiger partial charge in [-0.15, -0.1) is 0 Å². The highest BCUT2D eigenvalue weighted by Gasteiger charge is 2.35. The first-order valence-corrected chi connectivity index (χ1v) is 8.03. The van der Waals surface area contributed by atoms with E-state index >= 15 is 0 Å². The van der Waals surface area contributed by atoms with E-state index in [2.05, 4.69) is 11.7 Å². The van der Waals surface area contributed by atoms with Crippen molar-refractivity contribution >= 4 is 16.2 Å². The summed E-state index contributed by atoms with van der Waals surface area (Å²) in [6.45, 7) is 2.99. The molecule has 0 amide bonds. The molecule has 0 aromatic rings. The van der Waals surface area contributed by atoms with Crippen molar-refractivity contribution in [2.24, 2.45) is 5.92 Å². The van der Waals surface area contributed by atoms with Crippen molar-refractivity contribution in [1.82, 2.24) is 8.61 Å². The van der Waals surface area contributed by atoms with Crippen LogP contribution in [0.3, 0.4) is 0 Å². The summed E-state index contributed by atoms with van der Waals surface area (Å²) in [6.07, 6.45) is 0.722. The summed E-state index contributed by atoms with van der Waals surface area (Å²) in [5.74, 6) is -0.0825. The van der Waals surface area contributed by atoms with Crippen LogP contribution in [-0.4, -0.2) is 70.0 Å². The number of carbonyl (C=O) groups excluding carboxylic acids is 1. The van der Waals surface area contributed by atoms with Gasteiger partial charge in [-0.25, -0.2) is 0 Å². The van der Waals surface area contributed by atoms with E-state index in [9.17, 15) is 13.2 Å². The van der Waals surface area contributed by atoms with Gasteiger partial charge in [0, 0.05) is 33.8 Å². The zero-order chi connectivity index (χ0) is 15.3. The fourth-order valence-electron chi connectivity index (χ4n) is 2.19. The van der Waals surface area contributed by atoms with Gasteiger partial charge in [0.2, 0.25) is 0 Å². The summed E-state index contributed by atoms with van der Waals surface area (Å²) in [4.78, 5) is 11.1. The maximum atomic E-state index is 12.4. The Morgan fingerprint density at radius 3 is 2.60 bits per heavy atom. The SMILES string of the molecule is COC(=O)CCN(C)S(=O)(=O)N1CCC(C)C(OC)C1. The van der Waals surface area contributed by atoms with Crippen LogP contribution in [0.4, 0.5) is 0 Å². The predicted molar refractivity (Wildman–Crippen MR) is 74.3 cm³/mol. The van der Waals surface area contributed by atoms with Gasteiger partial charge in [0.15, 0.2) is 0 Å². The molecule has 0 bridgehead atoms. The normalized spacial score (nSPS) is 24.9. The third kappa shape index (κ3) is 4.15. The van der Waals surface area contributed by atoms with Gasteiger partial charge < -0.3 is 9.47 Å². The molecule has 0 aliphatic carbocycles. The van der Waals surface area contributed by atoms with E-state index in [0.717, 1.165) is 6.42 Å². The molecule has 118 valence electrons. The van der Waals surface area contributed by atoms with Gasteiger partial charge in [-0.1, -0.05) is 6.92 Å². The monoisotopic (exact) mass is 308 g/mol. The molecule has 7 nitrogen and oxygen atoms in total. The second-order valence-electron chi connectivity index (χ2n) is 5.05. The summed E-state index contributed by atoms with van der Waals surface area (Å²) in [7, 11) is 0.796. The molecule has 0 spiro atoms. The van der Waals surface area contributed by atoms with Crippen LogP contribution in [0, 0.1) is 5.92 Å². The Morgan fingerprint density at radius 2 is 2.05 bits per heavy atom. The van der Waals surface area contributed by atoms with Crippen molar-refractivity contribution in [3.63, 3.8) is 0 Å². The summed E-state index contributed by atoms with van der Waals surface area (Å²) < 4.78 is 37.2. The molecule has 0 aromatic heterocycles. The largest absolute Gasteiger partial charge is 0.469 e. The van der Waals surface area contributed by atoms with Crippen molar-refractivity contribution in [1.29, 1.82) is 0 Å². The third-order valence-corrected chi connectivity index (χ3v) is 5.69. The summed E-state index contributed by atoms with van der Waals surface area (Å²) >= 11 is 0. The molecular weight excluding hydrogens is 284 g/mol. The molecule has 1 rings (SSSR count). The van der Waals surface area contributed by atoms with Crippen molar-refractivity contribution in [3.05, 3.63) is 0 Å². The van der Waals surface area contributed by atoms with Crippen LogP contribution in [0.5, 0.6) is 0 Å². The first-order valence-electron chi connectivity index (χ1n) is 6.64. The van der Waals surface area contributed by atoms with Crippen molar-refractivity contribution in [2.45, 2.75) is 25.9 Å². The number of methoxy groups -OCH3 is 2. The van der Waals surface area contributed by atoms with E-state index in [4.69, 9.17) is 4.74 Å². The molecular formula is C12H24N2O5S. The van der Waals surface area contributed by atoms with Crippen molar-refractivity contribution in [3.8, 4) is 0 Å². The smallest absolute Gasteiger partial charge is 0.306 e. The first kappa shape index (κ1) is 17.4. The second kappa shape index (κ2) is 7.35. The number of hydrogen-bond donors (Lipinski definition) is 0. The minimum atomic E-state index is -3.55. The molecule has 2 unspecified atom stereocenters. The molecule has 1 fully saturated rings. The summed E-state index contributed by atoms with van der Waals surface area (Å²) in [5.41, 5.74) is 0. The molecule has 8 heteroatoms. The lowest BCUT2D eigenvalue weighted by Gasteiger charge is -2.37. The van der Waals surface area contributed by atoms with Gasteiger partial charge in [-0.05, 0) is 12.3 Å². The van der Waals surface area contributed by atoms with E-state index < -0.39 is 16.2 Å². The average Bonchev–Trinajstić information content (AvgIpc) is 2.44. The number of nitrogens with zero attached hydrogens (tertiary/aromatic N) is 2. The zero-order valence-corrected chi connectivity index (χ0v) is 13.4. The van der Waals surface area contributed by atoms with Crippen LogP contribution in [0.25, 0.3) is 0 Å². The van der Waals surface area contributed by atoms with Gasteiger partial charge in [-0.3, -0.25) is 4.79 Å². The van der Waals surface area contributed by atoms with Crippen LogP contribution < -0.4 is 0 Å². The van der Waals surface area contributed by atoms with Crippen LogP contribution >= 0.6 is 0 Å². The minimum absolute atomic E-state index is 0.0458. The van der Waals surface area contributed by atoms with Crippen LogP contribution in [0.15, 0.2) is 0 Å². The number of carbonyl (C=O) groups is 1.